The molecule has 1 N–H and O–H groups in total. The molecule has 0 saturated carbocycles. The average molecular weight is 244 g/mol. The van der Waals surface area contributed by atoms with E-state index in [-0.39, 0.29) is 6.04 Å². The fraction of sp³-hybridized carbons (Fsp3) is 0.562. The van der Waals surface area contributed by atoms with Gasteiger partial charge in [-0.2, -0.15) is 5.26 Å². The van der Waals surface area contributed by atoms with Gasteiger partial charge in [0.2, 0.25) is 0 Å². The van der Waals surface area contributed by atoms with Crippen LogP contribution in [-0.4, -0.2) is 6.04 Å². The lowest BCUT2D eigenvalue weighted by molar-refractivity contribution is 0.385. The van der Waals surface area contributed by atoms with Crippen LogP contribution in [0, 0.1) is 17.2 Å². The van der Waals surface area contributed by atoms with Gasteiger partial charge in [-0.1, -0.05) is 32.4 Å². The summed E-state index contributed by atoms with van der Waals surface area (Å²) in [5.74, 6) is 0.755. The van der Waals surface area contributed by atoms with Crippen molar-refractivity contribution in [2.45, 2.75) is 52.6 Å². The van der Waals surface area contributed by atoms with E-state index in [0.29, 0.717) is 6.04 Å². The topological polar surface area (TPSA) is 35.8 Å². The molecule has 0 fully saturated rings. The van der Waals surface area contributed by atoms with Crippen LogP contribution in [0.4, 0.5) is 0 Å². The Morgan fingerprint density at radius 3 is 2.61 bits per heavy atom. The quantitative estimate of drug-likeness (QED) is 0.820. The van der Waals surface area contributed by atoms with Crippen LogP contribution in [-0.2, 0) is 0 Å². The normalized spacial score (nSPS) is 15.7. The number of benzene rings is 1. The minimum atomic E-state index is 0.289. The lowest BCUT2D eigenvalue weighted by Crippen LogP contribution is -2.30. The fourth-order valence-electron chi connectivity index (χ4n) is 2.24. The Morgan fingerprint density at radius 1 is 1.28 bits per heavy atom. The predicted octanol–water partition coefficient (Wildman–Crippen LogP) is 4.03. The molecule has 0 amide bonds. The summed E-state index contributed by atoms with van der Waals surface area (Å²) in [5.41, 5.74) is 1.92. The summed E-state index contributed by atoms with van der Waals surface area (Å²) in [7, 11) is 0. The molecule has 18 heavy (non-hydrogen) atoms. The molecule has 3 atom stereocenters. The second-order valence-corrected chi connectivity index (χ2v) is 5.28. The lowest BCUT2D eigenvalue weighted by atomic mass is 9.98. The molecule has 0 aromatic heterocycles. The van der Waals surface area contributed by atoms with Crippen molar-refractivity contribution in [2.75, 3.05) is 0 Å². The Kier molecular flexibility index (Phi) is 5.88. The van der Waals surface area contributed by atoms with Crippen LogP contribution in [0.3, 0.4) is 0 Å². The zero-order valence-corrected chi connectivity index (χ0v) is 11.9. The molecule has 1 aromatic rings. The number of nitriles is 1. The maximum atomic E-state index is 8.91. The summed E-state index contributed by atoms with van der Waals surface area (Å²) in [4.78, 5) is 0. The van der Waals surface area contributed by atoms with E-state index in [1.54, 1.807) is 0 Å². The van der Waals surface area contributed by atoms with Gasteiger partial charge in [0.15, 0.2) is 0 Å². The van der Waals surface area contributed by atoms with Crippen molar-refractivity contribution >= 4 is 0 Å². The Balaban J connectivity index is 2.59. The van der Waals surface area contributed by atoms with Crippen molar-refractivity contribution in [3.8, 4) is 6.07 Å². The van der Waals surface area contributed by atoms with Gasteiger partial charge in [-0.15, -0.1) is 0 Å². The highest BCUT2D eigenvalue weighted by Gasteiger charge is 2.12. The van der Waals surface area contributed by atoms with Gasteiger partial charge in [-0.3, -0.25) is 0 Å². The van der Waals surface area contributed by atoms with Gasteiger partial charge in [-0.25, -0.2) is 0 Å². The first-order chi connectivity index (χ1) is 8.56. The minimum Gasteiger partial charge on any atom is -0.308 e. The van der Waals surface area contributed by atoms with Gasteiger partial charge < -0.3 is 5.32 Å². The second-order valence-electron chi connectivity index (χ2n) is 5.28. The third kappa shape index (κ3) is 4.50. The standard InChI is InChI=1S/C16H24N2/c1-5-12(2)9-13(3)18-14(4)16-8-6-7-15(10-16)11-17/h6-8,10,12-14,18H,5,9H2,1-4H3. The van der Waals surface area contributed by atoms with Crippen LogP contribution in [0.15, 0.2) is 24.3 Å². The molecule has 0 saturated heterocycles. The number of rotatable bonds is 6. The zero-order chi connectivity index (χ0) is 13.5. The van der Waals surface area contributed by atoms with E-state index in [9.17, 15) is 0 Å². The number of hydrogen-bond donors (Lipinski definition) is 1. The van der Waals surface area contributed by atoms with Gasteiger partial charge in [-0.05, 0) is 43.9 Å². The highest BCUT2D eigenvalue weighted by atomic mass is 14.9. The second kappa shape index (κ2) is 7.18. The van der Waals surface area contributed by atoms with Crippen LogP contribution in [0.5, 0.6) is 0 Å². The van der Waals surface area contributed by atoms with Crippen molar-refractivity contribution in [3.05, 3.63) is 35.4 Å². The van der Waals surface area contributed by atoms with Gasteiger partial charge in [0.25, 0.3) is 0 Å². The summed E-state index contributed by atoms with van der Waals surface area (Å²) in [6.07, 6.45) is 2.42. The molecular formula is C16H24N2. The first-order valence-electron chi connectivity index (χ1n) is 6.82. The lowest BCUT2D eigenvalue weighted by Gasteiger charge is -2.22. The zero-order valence-electron chi connectivity index (χ0n) is 11.9. The summed E-state index contributed by atoms with van der Waals surface area (Å²) < 4.78 is 0. The Bertz CT molecular complexity index is 406. The third-order valence-electron chi connectivity index (χ3n) is 3.50. The number of hydrogen-bond acceptors (Lipinski definition) is 2. The van der Waals surface area contributed by atoms with Gasteiger partial charge in [0.05, 0.1) is 11.6 Å². The Morgan fingerprint density at radius 2 is 2.00 bits per heavy atom. The highest BCUT2D eigenvalue weighted by Crippen LogP contribution is 2.17. The van der Waals surface area contributed by atoms with E-state index in [2.05, 4.69) is 45.1 Å². The van der Waals surface area contributed by atoms with Gasteiger partial charge in [0, 0.05) is 12.1 Å². The molecule has 0 aliphatic carbocycles. The van der Waals surface area contributed by atoms with Crippen LogP contribution < -0.4 is 5.32 Å². The summed E-state index contributed by atoms with van der Waals surface area (Å²) >= 11 is 0. The SMILES string of the molecule is CCC(C)CC(C)NC(C)c1cccc(C#N)c1. The summed E-state index contributed by atoms with van der Waals surface area (Å²) in [5, 5.41) is 12.5. The van der Waals surface area contributed by atoms with Crippen molar-refractivity contribution in [1.82, 2.24) is 5.32 Å². The van der Waals surface area contributed by atoms with Crippen molar-refractivity contribution in [2.24, 2.45) is 5.92 Å². The highest BCUT2D eigenvalue weighted by molar-refractivity contribution is 5.34. The minimum absolute atomic E-state index is 0.289. The molecule has 0 aliphatic rings. The molecule has 98 valence electrons. The third-order valence-corrected chi connectivity index (χ3v) is 3.50. The van der Waals surface area contributed by atoms with Crippen LogP contribution in [0.25, 0.3) is 0 Å². The first-order valence-corrected chi connectivity index (χ1v) is 6.82. The van der Waals surface area contributed by atoms with E-state index in [1.165, 1.54) is 18.4 Å². The van der Waals surface area contributed by atoms with E-state index >= 15 is 0 Å². The molecular weight excluding hydrogens is 220 g/mol. The van der Waals surface area contributed by atoms with E-state index in [4.69, 9.17) is 5.26 Å². The van der Waals surface area contributed by atoms with Crippen molar-refractivity contribution in [1.29, 1.82) is 5.26 Å². The Labute approximate surface area is 111 Å². The van der Waals surface area contributed by atoms with E-state index in [1.807, 2.05) is 18.2 Å². The van der Waals surface area contributed by atoms with E-state index < -0.39 is 0 Å². The van der Waals surface area contributed by atoms with Crippen LogP contribution in [0.2, 0.25) is 0 Å². The first kappa shape index (κ1) is 14.7. The molecule has 2 nitrogen and oxygen atoms in total. The molecule has 0 radical (unpaired) electrons. The molecule has 0 bridgehead atoms. The summed E-state index contributed by atoms with van der Waals surface area (Å²) in [6, 6.07) is 10.8. The summed E-state index contributed by atoms with van der Waals surface area (Å²) in [6.45, 7) is 8.91. The monoisotopic (exact) mass is 244 g/mol. The Hall–Kier alpha value is -1.33. The molecule has 1 rings (SSSR count). The van der Waals surface area contributed by atoms with Gasteiger partial charge in [0.1, 0.15) is 0 Å². The molecule has 2 heteroatoms. The molecule has 0 spiro atoms. The molecule has 3 unspecified atom stereocenters. The predicted molar refractivity (Wildman–Crippen MR) is 76.2 cm³/mol. The largest absolute Gasteiger partial charge is 0.308 e. The molecule has 1 aromatic carbocycles. The van der Waals surface area contributed by atoms with Crippen LogP contribution in [0.1, 0.15) is 57.7 Å². The maximum Gasteiger partial charge on any atom is 0.0991 e. The fourth-order valence-corrected chi connectivity index (χ4v) is 2.24. The average Bonchev–Trinajstić information content (AvgIpc) is 2.38. The van der Waals surface area contributed by atoms with Crippen molar-refractivity contribution in [3.63, 3.8) is 0 Å². The van der Waals surface area contributed by atoms with Crippen molar-refractivity contribution < 1.29 is 0 Å². The van der Waals surface area contributed by atoms with E-state index in [0.717, 1.165) is 11.5 Å². The molecule has 0 heterocycles. The van der Waals surface area contributed by atoms with Crippen LogP contribution >= 0.6 is 0 Å². The van der Waals surface area contributed by atoms with Gasteiger partial charge >= 0.3 is 0 Å². The molecule has 0 aliphatic heterocycles. The maximum absolute atomic E-state index is 8.91. The smallest absolute Gasteiger partial charge is 0.0991 e. The number of nitrogens with one attached hydrogen (secondary N) is 1. The number of nitrogens with zero attached hydrogens (tertiary/aromatic N) is 1.